The molecule has 1 aromatic carbocycles. The van der Waals surface area contributed by atoms with E-state index in [-0.39, 0.29) is 5.95 Å². The molecule has 0 bridgehead atoms. The number of amides is 2. The highest BCUT2D eigenvalue weighted by Gasteiger charge is 2.26. The molecule has 0 radical (unpaired) electrons. The van der Waals surface area contributed by atoms with E-state index in [1.807, 2.05) is 0 Å². The molecule has 0 unspecified atom stereocenters. The van der Waals surface area contributed by atoms with Gasteiger partial charge in [-0.2, -0.15) is 4.98 Å². The van der Waals surface area contributed by atoms with E-state index in [1.165, 1.54) is 6.20 Å². The van der Waals surface area contributed by atoms with Crippen LogP contribution in [0.5, 0.6) is 0 Å². The molecule has 1 aliphatic heterocycles. The van der Waals surface area contributed by atoms with Crippen molar-refractivity contribution in [2.24, 2.45) is 0 Å². The second-order valence-electron chi connectivity index (χ2n) is 4.09. The first-order chi connectivity index (χ1) is 9.54. The average molecular weight is 290 g/mol. The van der Waals surface area contributed by atoms with Gasteiger partial charge >= 0.3 is 0 Å². The second-order valence-corrected chi connectivity index (χ2v) is 4.50. The van der Waals surface area contributed by atoms with E-state index in [1.54, 1.807) is 18.2 Å². The SMILES string of the molecule is Nc1ncc(Cl)c(Nc2ccc3c(c2)C(=O)NC3=O)n1. The van der Waals surface area contributed by atoms with Crippen molar-refractivity contribution in [1.29, 1.82) is 0 Å². The van der Waals surface area contributed by atoms with Crippen LogP contribution in [0.25, 0.3) is 0 Å². The number of nitrogens with zero attached hydrogens (tertiary/aromatic N) is 2. The van der Waals surface area contributed by atoms with Gasteiger partial charge < -0.3 is 11.1 Å². The summed E-state index contributed by atoms with van der Waals surface area (Å²) in [7, 11) is 0. The van der Waals surface area contributed by atoms with E-state index in [9.17, 15) is 9.59 Å². The Morgan fingerprint density at radius 3 is 2.75 bits per heavy atom. The van der Waals surface area contributed by atoms with Crippen molar-refractivity contribution >= 4 is 40.9 Å². The molecule has 1 aliphatic rings. The Balaban J connectivity index is 1.97. The molecular formula is C12H8ClN5O2. The van der Waals surface area contributed by atoms with Crippen LogP contribution in [0.3, 0.4) is 0 Å². The molecule has 4 N–H and O–H groups in total. The van der Waals surface area contributed by atoms with Crippen LogP contribution < -0.4 is 16.4 Å². The number of benzene rings is 1. The van der Waals surface area contributed by atoms with E-state index in [2.05, 4.69) is 20.6 Å². The predicted octanol–water partition coefficient (Wildman–Crippen LogP) is 1.34. The van der Waals surface area contributed by atoms with Crippen LogP contribution in [-0.2, 0) is 0 Å². The fraction of sp³-hybridized carbons (Fsp3) is 0. The zero-order valence-electron chi connectivity index (χ0n) is 9.98. The summed E-state index contributed by atoms with van der Waals surface area (Å²) < 4.78 is 0. The zero-order valence-corrected chi connectivity index (χ0v) is 10.7. The maximum atomic E-state index is 11.6. The number of carbonyl (C=O) groups excluding carboxylic acids is 2. The topological polar surface area (TPSA) is 110 Å². The molecule has 2 aromatic rings. The predicted molar refractivity (Wildman–Crippen MR) is 73.0 cm³/mol. The summed E-state index contributed by atoms with van der Waals surface area (Å²) in [5.41, 5.74) is 6.69. The van der Waals surface area contributed by atoms with Gasteiger partial charge in [-0.3, -0.25) is 14.9 Å². The van der Waals surface area contributed by atoms with Crippen molar-refractivity contribution in [3.8, 4) is 0 Å². The summed E-state index contributed by atoms with van der Waals surface area (Å²) in [4.78, 5) is 30.7. The Hall–Kier alpha value is -2.67. The number of nitrogen functional groups attached to an aromatic ring is 1. The number of rotatable bonds is 2. The molecule has 0 saturated heterocycles. The third-order valence-corrected chi connectivity index (χ3v) is 3.04. The van der Waals surface area contributed by atoms with Gasteiger partial charge in [-0.1, -0.05) is 11.6 Å². The zero-order chi connectivity index (χ0) is 14.3. The maximum Gasteiger partial charge on any atom is 0.259 e. The van der Waals surface area contributed by atoms with Gasteiger partial charge in [0.2, 0.25) is 5.95 Å². The minimum absolute atomic E-state index is 0.0750. The van der Waals surface area contributed by atoms with Gasteiger partial charge in [0.15, 0.2) is 5.82 Å². The minimum atomic E-state index is -0.429. The Morgan fingerprint density at radius 2 is 1.95 bits per heavy atom. The van der Waals surface area contributed by atoms with Crippen LogP contribution in [0.15, 0.2) is 24.4 Å². The smallest absolute Gasteiger partial charge is 0.259 e. The second kappa shape index (κ2) is 4.46. The van der Waals surface area contributed by atoms with Gasteiger partial charge in [0, 0.05) is 5.69 Å². The normalized spacial score (nSPS) is 13.1. The van der Waals surface area contributed by atoms with Gasteiger partial charge in [-0.15, -0.1) is 0 Å². The highest BCUT2D eigenvalue weighted by molar-refractivity contribution is 6.33. The van der Waals surface area contributed by atoms with E-state index in [0.717, 1.165) is 0 Å². The first kappa shape index (κ1) is 12.4. The molecule has 0 spiro atoms. The van der Waals surface area contributed by atoms with Crippen LogP contribution in [-0.4, -0.2) is 21.8 Å². The van der Waals surface area contributed by atoms with Crippen LogP contribution >= 0.6 is 11.6 Å². The van der Waals surface area contributed by atoms with Crippen molar-refractivity contribution < 1.29 is 9.59 Å². The summed E-state index contributed by atoms with van der Waals surface area (Å²) in [5, 5.41) is 5.43. The lowest BCUT2D eigenvalue weighted by molar-refractivity contribution is 0.0879. The Labute approximate surface area is 118 Å². The highest BCUT2D eigenvalue weighted by atomic mass is 35.5. The lowest BCUT2D eigenvalue weighted by Gasteiger charge is -2.08. The van der Waals surface area contributed by atoms with Crippen LogP contribution in [0.2, 0.25) is 5.02 Å². The van der Waals surface area contributed by atoms with Gasteiger partial charge in [-0.25, -0.2) is 4.98 Å². The van der Waals surface area contributed by atoms with Gasteiger partial charge in [0.05, 0.1) is 17.3 Å². The third-order valence-electron chi connectivity index (χ3n) is 2.76. The largest absolute Gasteiger partial charge is 0.368 e. The van der Waals surface area contributed by atoms with Crippen LogP contribution in [0, 0.1) is 0 Å². The lowest BCUT2D eigenvalue weighted by Crippen LogP contribution is -2.19. The number of halogens is 1. The summed E-state index contributed by atoms with van der Waals surface area (Å²) in [5.74, 6) is -0.433. The van der Waals surface area contributed by atoms with Crippen molar-refractivity contribution in [2.45, 2.75) is 0 Å². The number of nitrogens with one attached hydrogen (secondary N) is 2. The van der Waals surface area contributed by atoms with Crippen LogP contribution in [0.4, 0.5) is 17.5 Å². The summed E-state index contributed by atoms with van der Waals surface area (Å²) in [6, 6.07) is 4.74. The fourth-order valence-electron chi connectivity index (χ4n) is 1.85. The number of carbonyl (C=O) groups is 2. The molecule has 0 aliphatic carbocycles. The summed E-state index contributed by atoms with van der Waals surface area (Å²) >= 11 is 5.94. The standard InChI is InChI=1S/C12H8ClN5O2/c13-8-4-15-12(14)17-9(8)16-5-1-2-6-7(3-5)11(20)18-10(6)19/h1-4H,(H,18,19,20)(H3,14,15,16,17). The van der Waals surface area contributed by atoms with Crippen LogP contribution in [0.1, 0.15) is 20.7 Å². The van der Waals surface area contributed by atoms with E-state index < -0.39 is 11.8 Å². The molecule has 0 fully saturated rings. The number of aromatic nitrogens is 2. The highest BCUT2D eigenvalue weighted by Crippen LogP contribution is 2.26. The number of nitrogens with two attached hydrogens (primary N) is 1. The van der Waals surface area contributed by atoms with E-state index >= 15 is 0 Å². The summed E-state index contributed by atoms with van der Waals surface area (Å²) in [6.07, 6.45) is 1.37. The third kappa shape index (κ3) is 2.04. The fourth-order valence-corrected chi connectivity index (χ4v) is 1.99. The Kier molecular flexibility index (Phi) is 2.76. The Bertz CT molecular complexity index is 747. The number of fused-ring (bicyclic) bond motifs is 1. The first-order valence-corrected chi connectivity index (χ1v) is 5.97. The molecule has 100 valence electrons. The molecular weight excluding hydrogens is 282 g/mol. The Morgan fingerprint density at radius 1 is 1.20 bits per heavy atom. The number of anilines is 3. The summed E-state index contributed by atoms with van der Waals surface area (Å²) in [6.45, 7) is 0. The number of hydrogen-bond donors (Lipinski definition) is 3. The molecule has 2 heterocycles. The molecule has 2 amide bonds. The average Bonchev–Trinajstić information content (AvgIpc) is 2.69. The van der Waals surface area contributed by atoms with Crippen molar-refractivity contribution in [3.63, 3.8) is 0 Å². The molecule has 0 atom stereocenters. The molecule has 0 saturated carbocycles. The van der Waals surface area contributed by atoms with E-state index in [0.29, 0.717) is 27.7 Å². The van der Waals surface area contributed by atoms with Gasteiger partial charge in [-0.05, 0) is 18.2 Å². The van der Waals surface area contributed by atoms with Crippen molar-refractivity contribution in [3.05, 3.63) is 40.5 Å². The van der Waals surface area contributed by atoms with E-state index in [4.69, 9.17) is 17.3 Å². The molecule has 1 aromatic heterocycles. The molecule has 7 nitrogen and oxygen atoms in total. The molecule has 8 heteroatoms. The molecule has 3 rings (SSSR count). The van der Waals surface area contributed by atoms with Crippen molar-refractivity contribution in [2.75, 3.05) is 11.1 Å². The van der Waals surface area contributed by atoms with Crippen molar-refractivity contribution in [1.82, 2.24) is 15.3 Å². The molecule has 20 heavy (non-hydrogen) atoms. The minimum Gasteiger partial charge on any atom is -0.368 e. The quantitative estimate of drug-likeness (QED) is 0.720. The number of hydrogen-bond acceptors (Lipinski definition) is 6. The number of imide groups is 1. The van der Waals surface area contributed by atoms with Gasteiger partial charge in [0.1, 0.15) is 5.02 Å². The maximum absolute atomic E-state index is 11.6. The monoisotopic (exact) mass is 289 g/mol. The van der Waals surface area contributed by atoms with Gasteiger partial charge in [0.25, 0.3) is 11.8 Å². The lowest BCUT2D eigenvalue weighted by atomic mass is 10.1. The first-order valence-electron chi connectivity index (χ1n) is 5.59.